The smallest absolute Gasteiger partial charge is 0.399 e. The van der Waals surface area contributed by atoms with Crippen LogP contribution >= 0.6 is 0 Å². The summed E-state index contributed by atoms with van der Waals surface area (Å²) in [4.78, 5) is 2.30. The summed E-state index contributed by atoms with van der Waals surface area (Å²) in [6.45, 7) is 8.37. The maximum atomic E-state index is 6.39. The summed E-state index contributed by atoms with van der Waals surface area (Å²) >= 11 is 0. The lowest BCUT2D eigenvalue weighted by molar-refractivity contribution is 0.00578. The molecule has 0 atom stereocenters. The van der Waals surface area contributed by atoms with Crippen molar-refractivity contribution in [2.24, 2.45) is 0 Å². The van der Waals surface area contributed by atoms with E-state index in [0.29, 0.717) is 0 Å². The first-order valence-electron chi connectivity index (χ1n) is 14.2. The van der Waals surface area contributed by atoms with Crippen LogP contribution in [0.4, 0.5) is 17.1 Å². The summed E-state index contributed by atoms with van der Waals surface area (Å²) in [6, 6.07) is 36.7. The van der Waals surface area contributed by atoms with Gasteiger partial charge in [-0.2, -0.15) is 0 Å². The molecule has 0 spiro atoms. The van der Waals surface area contributed by atoms with Crippen LogP contribution in [0.5, 0.6) is 0 Å². The summed E-state index contributed by atoms with van der Waals surface area (Å²) < 4.78 is 12.8. The zero-order valence-corrected chi connectivity index (χ0v) is 23.8. The molecule has 1 aliphatic carbocycles. The average molecular weight is 526 g/mol. The van der Waals surface area contributed by atoms with E-state index in [1.165, 1.54) is 22.3 Å². The second-order valence-corrected chi connectivity index (χ2v) is 11.6. The van der Waals surface area contributed by atoms with E-state index in [1.54, 1.807) is 0 Å². The van der Waals surface area contributed by atoms with Crippen LogP contribution in [0, 0.1) is 0 Å². The van der Waals surface area contributed by atoms with Gasteiger partial charge in [0, 0.05) is 17.1 Å². The van der Waals surface area contributed by atoms with Crippen LogP contribution in [-0.2, 0) is 9.31 Å². The van der Waals surface area contributed by atoms with Gasteiger partial charge in [-0.05, 0) is 105 Å². The van der Waals surface area contributed by atoms with Crippen LogP contribution in [0.3, 0.4) is 0 Å². The highest BCUT2D eigenvalue weighted by Gasteiger charge is 2.51. The van der Waals surface area contributed by atoms with Gasteiger partial charge in [-0.3, -0.25) is 0 Å². The quantitative estimate of drug-likeness (QED) is 0.235. The first kappa shape index (κ1) is 26.4. The lowest BCUT2D eigenvalue weighted by Crippen LogP contribution is -2.41. The number of nitrogens with zero attached hydrogens (tertiary/aromatic N) is 1. The molecule has 4 aromatic carbocycles. The number of hydrogen-bond acceptors (Lipinski definition) is 3. The van der Waals surface area contributed by atoms with Gasteiger partial charge in [-0.25, -0.2) is 0 Å². The number of allylic oxidation sites excluding steroid dienone is 4. The SMILES string of the molecule is CC1(C)OB(c2cccc(N(c3ccc(C4=CCCC=C4)cc3)c3ccc(-c4ccccc4)cc3)c2)OC1(C)C. The highest BCUT2D eigenvalue weighted by Crippen LogP contribution is 2.39. The minimum Gasteiger partial charge on any atom is -0.399 e. The minimum absolute atomic E-state index is 0.390. The third-order valence-corrected chi connectivity index (χ3v) is 8.34. The maximum absolute atomic E-state index is 6.39. The summed E-state index contributed by atoms with van der Waals surface area (Å²) in [5, 5.41) is 0. The second kappa shape index (κ2) is 10.6. The fourth-order valence-corrected chi connectivity index (χ4v) is 5.30. The van der Waals surface area contributed by atoms with Gasteiger partial charge in [0.2, 0.25) is 0 Å². The summed E-state index contributed by atoms with van der Waals surface area (Å²) in [5.41, 5.74) is 8.42. The topological polar surface area (TPSA) is 21.7 Å². The Morgan fingerprint density at radius 1 is 0.600 bits per heavy atom. The summed E-state index contributed by atoms with van der Waals surface area (Å²) in [6.07, 6.45) is 9.02. The molecule has 200 valence electrons. The highest BCUT2D eigenvalue weighted by molar-refractivity contribution is 6.62. The molecule has 0 N–H and O–H groups in total. The van der Waals surface area contributed by atoms with E-state index in [1.807, 2.05) is 0 Å². The molecule has 40 heavy (non-hydrogen) atoms. The molecule has 0 radical (unpaired) electrons. The van der Waals surface area contributed by atoms with E-state index in [4.69, 9.17) is 9.31 Å². The molecule has 3 nitrogen and oxygen atoms in total. The summed E-state index contributed by atoms with van der Waals surface area (Å²) in [5.74, 6) is 0. The van der Waals surface area contributed by atoms with Gasteiger partial charge >= 0.3 is 7.12 Å². The van der Waals surface area contributed by atoms with E-state index < -0.39 is 18.3 Å². The van der Waals surface area contributed by atoms with Crippen LogP contribution in [0.25, 0.3) is 16.7 Å². The van der Waals surface area contributed by atoms with Gasteiger partial charge in [-0.1, -0.05) is 85.0 Å². The van der Waals surface area contributed by atoms with E-state index in [-0.39, 0.29) is 0 Å². The van der Waals surface area contributed by atoms with Crippen molar-refractivity contribution in [1.29, 1.82) is 0 Å². The first-order chi connectivity index (χ1) is 19.3. The Labute approximate surface area is 238 Å². The normalized spacial score (nSPS) is 17.5. The third kappa shape index (κ3) is 5.17. The van der Waals surface area contributed by atoms with Crippen molar-refractivity contribution in [3.8, 4) is 11.1 Å². The lowest BCUT2D eigenvalue weighted by atomic mass is 9.79. The van der Waals surface area contributed by atoms with Crippen molar-refractivity contribution >= 4 is 35.2 Å². The number of rotatable bonds is 6. The second-order valence-electron chi connectivity index (χ2n) is 11.6. The molecule has 0 unspecified atom stereocenters. The minimum atomic E-state index is -0.417. The molecule has 1 fully saturated rings. The van der Waals surface area contributed by atoms with Gasteiger partial charge in [0.1, 0.15) is 0 Å². The molecular formula is C36H36BNO2. The molecule has 1 heterocycles. The zero-order chi connectivity index (χ0) is 27.7. The van der Waals surface area contributed by atoms with Crippen molar-refractivity contribution in [2.75, 3.05) is 4.90 Å². The number of hydrogen-bond donors (Lipinski definition) is 0. The molecule has 1 saturated heterocycles. The van der Waals surface area contributed by atoms with Gasteiger partial charge in [-0.15, -0.1) is 0 Å². The molecule has 0 amide bonds. The van der Waals surface area contributed by atoms with Crippen molar-refractivity contribution in [1.82, 2.24) is 0 Å². The molecule has 6 rings (SSSR count). The van der Waals surface area contributed by atoms with Crippen LogP contribution in [0.15, 0.2) is 121 Å². The van der Waals surface area contributed by atoms with E-state index >= 15 is 0 Å². The largest absolute Gasteiger partial charge is 0.494 e. The maximum Gasteiger partial charge on any atom is 0.494 e. The standard InChI is InChI=1S/C36H36BNO2/c1-35(2)36(3,4)40-37(39-35)31-16-11-17-34(26-31)38(32-22-18-29(19-23-32)27-12-7-5-8-13-27)33-24-20-30(21-25-33)28-14-9-6-10-15-28/h5,7-9,11-26H,6,10H2,1-4H3. The van der Waals surface area contributed by atoms with Gasteiger partial charge < -0.3 is 14.2 Å². The molecule has 0 bridgehead atoms. The van der Waals surface area contributed by atoms with Gasteiger partial charge in [0.05, 0.1) is 11.2 Å². The van der Waals surface area contributed by atoms with Crippen LogP contribution in [-0.4, -0.2) is 18.3 Å². The molecular weight excluding hydrogens is 489 g/mol. The molecule has 0 aromatic heterocycles. The van der Waals surface area contributed by atoms with Crippen LogP contribution in [0.1, 0.15) is 46.1 Å². The van der Waals surface area contributed by atoms with Crippen LogP contribution in [0.2, 0.25) is 0 Å². The fourth-order valence-electron chi connectivity index (χ4n) is 5.30. The van der Waals surface area contributed by atoms with E-state index in [2.05, 4.69) is 154 Å². The Balaban J connectivity index is 1.38. The Kier molecular flexibility index (Phi) is 6.99. The van der Waals surface area contributed by atoms with E-state index in [9.17, 15) is 0 Å². The van der Waals surface area contributed by atoms with Gasteiger partial charge in [0.25, 0.3) is 0 Å². The Bertz CT molecular complexity index is 1520. The fraction of sp³-hybridized carbons (Fsp3) is 0.222. The number of benzene rings is 4. The number of anilines is 3. The lowest BCUT2D eigenvalue weighted by Gasteiger charge is -2.32. The third-order valence-electron chi connectivity index (χ3n) is 8.34. The van der Waals surface area contributed by atoms with Crippen molar-refractivity contribution in [3.05, 3.63) is 127 Å². The summed E-state index contributed by atoms with van der Waals surface area (Å²) in [7, 11) is -0.417. The van der Waals surface area contributed by atoms with Crippen LogP contribution < -0.4 is 10.4 Å². The van der Waals surface area contributed by atoms with E-state index in [0.717, 1.165) is 35.4 Å². The molecule has 1 aliphatic heterocycles. The zero-order valence-electron chi connectivity index (χ0n) is 23.8. The predicted octanol–water partition coefficient (Wildman–Crippen LogP) is 8.86. The average Bonchev–Trinajstić information content (AvgIpc) is 3.21. The molecule has 4 aromatic rings. The Morgan fingerprint density at radius 3 is 1.80 bits per heavy atom. The Hall–Kier alpha value is -3.86. The predicted molar refractivity (Wildman–Crippen MR) is 169 cm³/mol. The molecule has 4 heteroatoms. The monoisotopic (exact) mass is 525 g/mol. The first-order valence-corrected chi connectivity index (χ1v) is 14.2. The van der Waals surface area contributed by atoms with Crippen molar-refractivity contribution in [2.45, 2.75) is 51.7 Å². The molecule has 2 aliphatic rings. The highest BCUT2D eigenvalue weighted by atomic mass is 16.7. The van der Waals surface area contributed by atoms with Gasteiger partial charge in [0.15, 0.2) is 0 Å². The van der Waals surface area contributed by atoms with Crippen molar-refractivity contribution in [3.63, 3.8) is 0 Å². The molecule has 0 saturated carbocycles. The Morgan fingerprint density at radius 2 is 1.20 bits per heavy atom. The van der Waals surface area contributed by atoms with Crippen molar-refractivity contribution < 1.29 is 9.31 Å².